The average Bonchev–Trinajstić information content (AvgIpc) is 2.16. The molecule has 0 amide bonds. The molecule has 0 saturated heterocycles. The van der Waals surface area contributed by atoms with Gasteiger partial charge in [0.15, 0.2) is 5.79 Å². The van der Waals surface area contributed by atoms with Crippen molar-refractivity contribution in [2.45, 2.75) is 25.0 Å². The second kappa shape index (κ2) is 4.94. The van der Waals surface area contributed by atoms with Gasteiger partial charge in [-0.3, -0.25) is 0 Å². The normalized spacial score (nSPS) is 11.3. The van der Waals surface area contributed by atoms with E-state index in [1.54, 1.807) is 0 Å². The predicted octanol–water partition coefficient (Wildman–Crippen LogP) is 1.68. The molecule has 1 radical (unpaired) electrons. The molecular formula is C12H15O2. The molecule has 0 heterocycles. The van der Waals surface area contributed by atoms with Gasteiger partial charge in [0.05, 0.1) is 0 Å². The van der Waals surface area contributed by atoms with Crippen LogP contribution in [0.4, 0.5) is 0 Å². The standard InChI is InChI=1S/C12H15O2/c1-2-3-9-12(13,14)10-11-7-5-4-6-8-11/h1-2,4-8,13-14H,3,9-10H2. The van der Waals surface area contributed by atoms with Gasteiger partial charge in [0, 0.05) is 12.8 Å². The van der Waals surface area contributed by atoms with Gasteiger partial charge >= 0.3 is 0 Å². The highest BCUT2D eigenvalue weighted by Gasteiger charge is 2.21. The highest BCUT2D eigenvalue weighted by Crippen LogP contribution is 2.16. The number of allylic oxidation sites excluding steroid dienone is 1. The highest BCUT2D eigenvalue weighted by atomic mass is 16.5. The molecule has 0 fully saturated rings. The van der Waals surface area contributed by atoms with E-state index in [1.165, 1.54) is 6.08 Å². The maximum absolute atomic E-state index is 9.58. The van der Waals surface area contributed by atoms with E-state index in [1.807, 2.05) is 30.3 Å². The first-order chi connectivity index (χ1) is 6.64. The molecular weight excluding hydrogens is 176 g/mol. The first-order valence-corrected chi connectivity index (χ1v) is 4.66. The van der Waals surface area contributed by atoms with Crippen molar-refractivity contribution in [2.24, 2.45) is 0 Å². The Labute approximate surface area is 84.5 Å². The summed E-state index contributed by atoms with van der Waals surface area (Å²) in [5.74, 6) is -1.66. The van der Waals surface area contributed by atoms with E-state index in [4.69, 9.17) is 6.58 Å². The van der Waals surface area contributed by atoms with Crippen molar-refractivity contribution in [3.05, 3.63) is 48.6 Å². The van der Waals surface area contributed by atoms with Gasteiger partial charge in [0.25, 0.3) is 0 Å². The van der Waals surface area contributed by atoms with E-state index in [0.717, 1.165) is 5.56 Å². The zero-order valence-corrected chi connectivity index (χ0v) is 8.06. The van der Waals surface area contributed by atoms with Crippen molar-refractivity contribution in [2.75, 3.05) is 0 Å². The summed E-state index contributed by atoms with van der Waals surface area (Å²) < 4.78 is 0. The molecule has 0 aliphatic rings. The Morgan fingerprint density at radius 1 is 1.21 bits per heavy atom. The van der Waals surface area contributed by atoms with E-state index in [9.17, 15) is 10.2 Å². The Kier molecular flexibility index (Phi) is 3.86. The van der Waals surface area contributed by atoms with Gasteiger partial charge in [-0.15, -0.1) is 0 Å². The van der Waals surface area contributed by atoms with E-state index < -0.39 is 5.79 Å². The van der Waals surface area contributed by atoms with Crippen LogP contribution in [0, 0.1) is 6.58 Å². The minimum absolute atomic E-state index is 0.238. The Morgan fingerprint density at radius 2 is 1.86 bits per heavy atom. The Morgan fingerprint density at radius 3 is 2.43 bits per heavy atom. The number of hydrogen-bond donors (Lipinski definition) is 2. The van der Waals surface area contributed by atoms with Crippen LogP contribution in [-0.4, -0.2) is 16.0 Å². The van der Waals surface area contributed by atoms with Crippen molar-refractivity contribution in [3.8, 4) is 0 Å². The van der Waals surface area contributed by atoms with Crippen LogP contribution in [-0.2, 0) is 6.42 Å². The summed E-state index contributed by atoms with van der Waals surface area (Å²) in [6.45, 7) is 5.18. The number of rotatable bonds is 5. The maximum atomic E-state index is 9.58. The third-order valence-electron chi connectivity index (χ3n) is 2.04. The average molecular weight is 191 g/mol. The van der Waals surface area contributed by atoms with Crippen molar-refractivity contribution < 1.29 is 10.2 Å². The Balaban J connectivity index is 2.54. The minimum atomic E-state index is -1.66. The molecule has 0 aliphatic heterocycles. The van der Waals surface area contributed by atoms with E-state index in [0.29, 0.717) is 6.42 Å². The smallest absolute Gasteiger partial charge is 0.166 e. The number of aliphatic hydroxyl groups is 2. The van der Waals surface area contributed by atoms with Crippen molar-refractivity contribution >= 4 is 0 Å². The molecule has 2 heteroatoms. The summed E-state index contributed by atoms with van der Waals surface area (Å²) in [6.07, 6.45) is 2.44. The van der Waals surface area contributed by atoms with E-state index >= 15 is 0 Å². The van der Waals surface area contributed by atoms with Gasteiger partial charge in [-0.2, -0.15) is 0 Å². The number of benzene rings is 1. The quantitative estimate of drug-likeness (QED) is 0.695. The zero-order valence-electron chi connectivity index (χ0n) is 8.06. The molecule has 2 N–H and O–H groups in total. The lowest BCUT2D eigenvalue weighted by molar-refractivity contribution is -0.163. The Hall–Kier alpha value is -1.12. The second-order valence-corrected chi connectivity index (χ2v) is 3.42. The predicted molar refractivity (Wildman–Crippen MR) is 55.4 cm³/mol. The molecule has 2 nitrogen and oxygen atoms in total. The van der Waals surface area contributed by atoms with Gasteiger partial charge in [-0.1, -0.05) is 43.0 Å². The SMILES string of the molecule is [CH]=CCCC(O)(O)Cc1ccccc1. The van der Waals surface area contributed by atoms with Crippen LogP contribution >= 0.6 is 0 Å². The summed E-state index contributed by atoms with van der Waals surface area (Å²) in [5.41, 5.74) is 0.912. The van der Waals surface area contributed by atoms with Crippen LogP contribution in [0.1, 0.15) is 18.4 Å². The summed E-state index contributed by atoms with van der Waals surface area (Å²) >= 11 is 0. The Bertz CT molecular complexity index is 278. The monoisotopic (exact) mass is 191 g/mol. The van der Waals surface area contributed by atoms with Crippen molar-refractivity contribution in [1.82, 2.24) is 0 Å². The molecule has 0 aromatic heterocycles. The van der Waals surface area contributed by atoms with E-state index in [-0.39, 0.29) is 12.8 Å². The van der Waals surface area contributed by atoms with Crippen LogP contribution in [0.3, 0.4) is 0 Å². The maximum Gasteiger partial charge on any atom is 0.166 e. The van der Waals surface area contributed by atoms with Crippen LogP contribution in [0.25, 0.3) is 0 Å². The van der Waals surface area contributed by atoms with Crippen LogP contribution < -0.4 is 0 Å². The third-order valence-corrected chi connectivity index (χ3v) is 2.04. The molecule has 1 aromatic rings. The van der Waals surface area contributed by atoms with Crippen LogP contribution in [0.2, 0.25) is 0 Å². The fourth-order valence-corrected chi connectivity index (χ4v) is 1.33. The zero-order chi connectivity index (χ0) is 10.4. The molecule has 1 rings (SSSR count). The molecule has 14 heavy (non-hydrogen) atoms. The first-order valence-electron chi connectivity index (χ1n) is 4.66. The van der Waals surface area contributed by atoms with Crippen LogP contribution in [0.15, 0.2) is 36.4 Å². The molecule has 1 aromatic carbocycles. The largest absolute Gasteiger partial charge is 0.365 e. The number of hydrogen-bond acceptors (Lipinski definition) is 2. The summed E-state index contributed by atoms with van der Waals surface area (Å²) in [5, 5.41) is 19.2. The molecule has 0 atom stereocenters. The topological polar surface area (TPSA) is 40.5 Å². The lowest BCUT2D eigenvalue weighted by Crippen LogP contribution is -2.30. The fraction of sp³-hybridized carbons (Fsp3) is 0.333. The highest BCUT2D eigenvalue weighted by molar-refractivity contribution is 5.16. The molecule has 75 valence electrons. The lowest BCUT2D eigenvalue weighted by Gasteiger charge is -2.20. The molecule has 0 saturated carbocycles. The molecule has 0 spiro atoms. The van der Waals surface area contributed by atoms with E-state index in [2.05, 4.69) is 0 Å². The summed E-state index contributed by atoms with van der Waals surface area (Å²) in [4.78, 5) is 0. The van der Waals surface area contributed by atoms with Gasteiger partial charge in [-0.25, -0.2) is 0 Å². The summed E-state index contributed by atoms with van der Waals surface area (Å²) in [7, 11) is 0. The molecule has 0 unspecified atom stereocenters. The molecule has 0 aliphatic carbocycles. The fourth-order valence-electron chi connectivity index (χ4n) is 1.33. The lowest BCUT2D eigenvalue weighted by atomic mass is 10.0. The third kappa shape index (κ3) is 3.73. The first kappa shape index (κ1) is 11.0. The second-order valence-electron chi connectivity index (χ2n) is 3.42. The van der Waals surface area contributed by atoms with Crippen molar-refractivity contribution in [3.63, 3.8) is 0 Å². The minimum Gasteiger partial charge on any atom is -0.365 e. The summed E-state index contributed by atoms with van der Waals surface area (Å²) in [6, 6.07) is 9.38. The van der Waals surface area contributed by atoms with Crippen molar-refractivity contribution in [1.29, 1.82) is 0 Å². The molecule has 0 bridgehead atoms. The van der Waals surface area contributed by atoms with Gasteiger partial charge in [-0.05, 0) is 12.0 Å². The van der Waals surface area contributed by atoms with Gasteiger partial charge < -0.3 is 10.2 Å². The van der Waals surface area contributed by atoms with Crippen LogP contribution in [0.5, 0.6) is 0 Å². The van der Waals surface area contributed by atoms with Gasteiger partial charge in [0.2, 0.25) is 0 Å². The van der Waals surface area contributed by atoms with Gasteiger partial charge in [0.1, 0.15) is 0 Å².